The number of aliphatic imine (C=N–C) groups is 1. The lowest BCUT2D eigenvalue weighted by molar-refractivity contribution is -0.139. The quantitative estimate of drug-likeness (QED) is 0.396. The Morgan fingerprint density at radius 1 is 1.00 bits per heavy atom. The molecule has 0 saturated heterocycles. The highest BCUT2D eigenvalue weighted by atomic mass is 79.9. The summed E-state index contributed by atoms with van der Waals surface area (Å²) in [6.07, 6.45) is 0.829. The molecule has 2 aromatic carbocycles. The lowest BCUT2D eigenvalue weighted by atomic mass is 9.66. The van der Waals surface area contributed by atoms with E-state index in [1.807, 2.05) is 25.1 Å². The third kappa shape index (κ3) is 5.16. The summed E-state index contributed by atoms with van der Waals surface area (Å²) in [5.74, 6) is -0.438. The number of aromatic hydroxyl groups is 1. The Labute approximate surface area is 230 Å². The first-order valence-corrected chi connectivity index (χ1v) is 13.4. The summed E-state index contributed by atoms with van der Waals surface area (Å²) < 4.78 is 22.3. The van der Waals surface area contributed by atoms with E-state index < -0.39 is 17.8 Å². The van der Waals surface area contributed by atoms with E-state index in [2.05, 4.69) is 15.9 Å². The number of rotatable bonds is 8. The number of allylic oxidation sites excluding steroid dienone is 1. The first-order valence-electron chi connectivity index (χ1n) is 12.6. The smallest absolute Gasteiger partial charge is 0.336 e. The van der Waals surface area contributed by atoms with Crippen LogP contribution in [0.4, 0.5) is 0 Å². The van der Waals surface area contributed by atoms with Crippen LogP contribution in [0.2, 0.25) is 0 Å². The zero-order valence-corrected chi connectivity index (χ0v) is 23.8. The van der Waals surface area contributed by atoms with Crippen LogP contribution in [0.25, 0.3) is 0 Å². The highest BCUT2D eigenvalue weighted by Gasteiger charge is 2.46. The zero-order chi connectivity index (χ0) is 27.6. The number of nitrogens with zero attached hydrogens (tertiary/aromatic N) is 1. The van der Waals surface area contributed by atoms with Crippen molar-refractivity contribution in [2.75, 3.05) is 27.4 Å². The summed E-state index contributed by atoms with van der Waals surface area (Å²) in [7, 11) is 3.16. The van der Waals surface area contributed by atoms with Gasteiger partial charge in [-0.05, 0) is 84.4 Å². The molecule has 1 unspecified atom stereocenters. The van der Waals surface area contributed by atoms with Gasteiger partial charge in [-0.15, -0.1) is 0 Å². The summed E-state index contributed by atoms with van der Waals surface area (Å²) in [6.45, 7) is 5.87. The molecular weight excluding hydrogens is 554 g/mol. The van der Waals surface area contributed by atoms with Crippen molar-refractivity contribution in [2.45, 2.75) is 45.4 Å². The van der Waals surface area contributed by atoms with Crippen molar-refractivity contribution in [1.82, 2.24) is 0 Å². The Kier molecular flexibility index (Phi) is 8.45. The second-order valence-corrected chi connectivity index (χ2v) is 10.1. The van der Waals surface area contributed by atoms with Gasteiger partial charge < -0.3 is 24.1 Å². The van der Waals surface area contributed by atoms with E-state index in [0.717, 1.165) is 11.3 Å². The monoisotopic (exact) mass is 585 g/mol. The second kappa shape index (κ2) is 11.6. The van der Waals surface area contributed by atoms with Crippen molar-refractivity contribution < 1.29 is 33.6 Å². The maximum atomic E-state index is 13.9. The molecule has 202 valence electrons. The molecule has 8 nitrogen and oxygen atoms in total. The first-order chi connectivity index (χ1) is 18.2. The van der Waals surface area contributed by atoms with E-state index in [4.69, 9.17) is 23.9 Å². The lowest BCUT2D eigenvalue weighted by Crippen LogP contribution is -2.41. The summed E-state index contributed by atoms with van der Waals surface area (Å²) >= 11 is 3.41. The Hall–Kier alpha value is -3.33. The van der Waals surface area contributed by atoms with Gasteiger partial charge in [-0.3, -0.25) is 9.79 Å². The van der Waals surface area contributed by atoms with E-state index in [0.29, 0.717) is 45.8 Å². The first kappa shape index (κ1) is 27.7. The number of ketones is 1. The van der Waals surface area contributed by atoms with E-state index in [9.17, 15) is 14.7 Å². The molecule has 0 aromatic heterocycles. The summed E-state index contributed by atoms with van der Waals surface area (Å²) in [5, 5.41) is 10.5. The minimum atomic E-state index is -0.639. The van der Waals surface area contributed by atoms with E-state index in [1.54, 1.807) is 40.2 Å². The largest absolute Gasteiger partial charge is 0.503 e. The fourth-order valence-corrected chi connectivity index (χ4v) is 5.85. The topological polar surface area (TPSA) is 104 Å². The number of ether oxygens (including phenoxy) is 4. The predicted octanol–water partition coefficient (Wildman–Crippen LogP) is 5.71. The second-order valence-electron chi connectivity index (χ2n) is 9.25. The molecule has 2 aromatic rings. The number of fused-ring (bicyclic) bond motifs is 1. The molecule has 1 saturated carbocycles. The molecule has 2 aliphatic rings. The van der Waals surface area contributed by atoms with Gasteiger partial charge >= 0.3 is 5.97 Å². The van der Waals surface area contributed by atoms with Gasteiger partial charge in [0.05, 0.1) is 43.4 Å². The fourth-order valence-electron chi connectivity index (χ4n) is 5.39. The molecule has 38 heavy (non-hydrogen) atoms. The Morgan fingerprint density at radius 2 is 1.71 bits per heavy atom. The van der Waals surface area contributed by atoms with Gasteiger partial charge in [0, 0.05) is 23.7 Å². The predicted molar refractivity (Wildman–Crippen MR) is 147 cm³/mol. The van der Waals surface area contributed by atoms with Crippen LogP contribution in [0.1, 0.15) is 56.6 Å². The van der Waals surface area contributed by atoms with Crippen LogP contribution in [0.5, 0.6) is 23.0 Å². The number of halogens is 1. The molecule has 4 rings (SSSR count). The molecule has 0 bridgehead atoms. The van der Waals surface area contributed by atoms with E-state index >= 15 is 0 Å². The van der Waals surface area contributed by atoms with Crippen molar-refractivity contribution in [3.63, 3.8) is 0 Å². The molecule has 0 spiro atoms. The van der Waals surface area contributed by atoms with Gasteiger partial charge in [-0.25, -0.2) is 4.79 Å². The number of hydrogen-bond donors (Lipinski definition) is 1. The number of carbonyl (C=O) groups excluding carboxylic acids is 2. The van der Waals surface area contributed by atoms with E-state index in [-0.39, 0.29) is 36.2 Å². The van der Waals surface area contributed by atoms with Gasteiger partial charge in [0.15, 0.2) is 23.0 Å². The summed E-state index contributed by atoms with van der Waals surface area (Å²) in [4.78, 5) is 31.8. The molecule has 1 N–H and O–H groups in total. The third-order valence-corrected chi connectivity index (χ3v) is 7.64. The minimum Gasteiger partial charge on any atom is -0.503 e. The summed E-state index contributed by atoms with van der Waals surface area (Å²) in [6, 6.07) is 9.10. The van der Waals surface area contributed by atoms with Crippen LogP contribution < -0.4 is 14.2 Å². The maximum Gasteiger partial charge on any atom is 0.336 e. The molecule has 1 aliphatic carbocycles. The van der Waals surface area contributed by atoms with Crippen LogP contribution in [-0.4, -0.2) is 50.0 Å². The van der Waals surface area contributed by atoms with Crippen molar-refractivity contribution >= 4 is 33.4 Å². The lowest BCUT2D eigenvalue weighted by Gasteiger charge is -2.38. The number of phenolic OH excluding ortho intramolecular Hbond substituents is 1. The molecule has 9 heteroatoms. The van der Waals surface area contributed by atoms with Crippen LogP contribution in [-0.2, 0) is 14.3 Å². The molecule has 1 heterocycles. The van der Waals surface area contributed by atoms with Gasteiger partial charge in [-0.1, -0.05) is 6.07 Å². The van der Waals surface area contributed by atoms with Crippen molar-refractivity contribution in [3.8, 4) is 23.0 Å². The van der Waals surface area contributed by atoms with Gasteiger partial charge in [0.1, 0.15) is 5.78 Å². The molecular formula is C29H32BrNO7. The molecule has 0 radical (unpaired) electrons. The molecule has 1 aliphatic heterocycles. The average molecular weight is 586 g/mol. The van der Waals surface area contributed by atoms with Gasteiger partial charge in [0.25, 0.3) is 0 Å². The minimum absolute atomic E-state index is 0.0174. The number of carbonyl (C=O) groups is 2. The highest BCUT2D eigenvalue weighted by molar-refractivity contribution is 9.10. The Bertz CT molecular complexity index is 1320. The SMILES string of the molecule is CCOC(=O)C1=C(C)N=C2C[C@@H](c3ccc(OC)c(OC)c3)CC(=O)C2[C@H]1c1cc(Br)c(O)c(OCC)c1. The molecule has 0 amide bonds. The third-order valence-electron chi connectivity index (χ3n) is 7.04. The number of hydrogen-bond acceptors (Lipinski definition) is 8. The average Bonchev–Trinajstić information content (AvgIpc) is 2.89. The van der Waals surface area contributed by atoms with Crippen LogP contribution >= 0.6 is 15.9 Å². The standard InChI is InChI=1S/C29H32BrNO7/c1-6-37-24-14-18(10-19(30)28(24)33)26-25(29(34)38-7-2)15(3)31-20-11-17(12-21(32)27(20)26)16-8-9-22(35-4)23(13-16)36-5/h8-10,13-14,17,26-27,33H,6-7,11-12H2,1-5H3/t17-,26+,27?/m1/s1. The molecule has 1 fully saturated rings. The van der Waals surface area contributed by atoms with Crippen molar-refractivity contribution in [3.05, 3.63) is 57.2 Å². The normalized spacial score (nSPS) is 20.9. The Morgan fingerprint density at radius 3 is 2.37 bits per heavy atom. The van der Waals surface area contributed by atoms with Gasteiger partial charge in [-0.2, -0.15) is 0 Å². The van der Waals surface area contributed by atoms with Crippen molar-refractivity contribution in [2.24, 2.45) is 10.9 Å². The van der Waals surface area contributed by atoms with Crippen molar-refractivity contribution in [1.29, 1.82) is 0 Å². The maximum absolute atomic E-state index is 13.9. The highest BCUT2D eigenvalue weighted by Crippen LogP contribution is 2.49. The van der Waals surface area contributed by atoms with Gasteiger partial charge in [0.2, 0.25) is 0 Å². The van der Waals surface area contributed by atoms with E-state index in [1.165, 1.54) is 0 Å². The Balaban J connectivity index is 1.81. The van der Waals surface area contributed by atoms with Crippen LogP contribution in [0.15, 0.2) is 51.1 Å². The summed E-state index contributed by atoms with van der Waals surface area (Å²) in [5.41, 5.74) is 3.20. The zero-order valence-electron chi connectivity index (χ0n) is 22.2. The number of methoxy groups -OCH3 is 2. The van der Waals surface area contributed by atoms with Crippen LogP contribution in [0.3, 0.4) is 0 Å². The molecule has 3 atom stereocenters. The number of esters is 1. The van der Waals surface area contributed by atoms with Crippen LogP contribution in [0, 0.1) is 5.92 Å². The number of phenols is 1. The number of Topliss-reactive ketones (excluding diaryl/α,β-unsaturated/α-hetero) is 1. The number of benzene rings is 2. The fraction of sp³-hybridized carbons (Fsp3) is 0.414.